The molecule has 1 N–H and O–H groups in total. The molecule has 0 saturated heterocycles. The number of aromatic nitrogens is 1. The molecule has 24 heavy (non-hydrogen) atoms. The predicted octanol–water partition coefficient (Wildman–Crippen LogP) is 4.37. The Labute approximate surface area is 143 Å². The molecule has 2 heterocycles. The monoisotopic (exact) mass is 339 g/mol. The van der Waals surface area contributed by atoms with E-state index in [1.165, 1.54) is 6.08 Å². The predicted molar refractivity (Wildman–Crippen MR) is 96.3 cm³/mol. The quantitative estimate of drug-likeness (QED) is 0.427. The highest BCUT2D eigenvalue weighted by Gasteiger charge is 2.23. The molecular weight excluding hydrogens is 322 g/mol. The Bertz CT molecular complexity index is 906. The summed E-state index contributed by atoms with van der Waals surface area (Å²) in [6.45, 7) is 3.44. The number of thiophene rings is 1. The van der Waals surface area contributed by atoms with Crippen LogP contribution in [0.4, 0.5) is 0 Å². The van der Waals surface area contributed by atoms with Gasteiger partial charge in [0.15, 0.2) is 6.10 Å². The van der Waals surface area contributed by atoms with Crippen LogP contribution in [0.3, 0.4) is 0 Å². The van der Waals surface area contributed by atoms with E-state index in [2.05, 4.69) is 4.98 Å². The number of ketones is 1. The number of aryl methyl sites for hydroxylation is 1. The van der Waals surface area contributed by atoms with Crippen LogP contribution in [-0.2, 0) is 9.53 Å². The second kappa shape index (κ2) is 6.84. The van der Waals surface area contributed by atoms with E-state index in [4.69, 9.17) is 4.74 Å². The van der Waals surface area contributed by atoms with Crippen LogP contribution in [0.1, 0.15) is 28.5 Å². The van der Waals surface area contributed by atoms with Crippen LogP contribution in [0.2, 0.25) is 0 Å². The fourth-order valence-electron chi connectivity index (χ4n) is 2.60. The first-order valence-electron chi connectivity index (χ1n) is 7.58. The van der Waals surface area contributed by atoms with Gasteiger partial charge in [0, 0.05) is 28.2 Å². The minimum atomic E-state index is -0.845. The molecule has 0 spiro atoms. The SMILES string of the molecule is Cc1[nH]c2ccccc2c1C(=O)[C@@H](C)OC(=O)/C=C/c1ccsc1. The van der Waals surface area contributed by atoms with Crippen LogP contribution in [0.15, 0.2) is 47.2 Å². The van der Waals surface area contributed by atoms with Crippen molar-refractivity contribution in [3.8, 4) is 0 Å². The molecule has 0 aliphatic rings. The van der Waals surface area contributed by atoms with Gasteiger partial charge < -0.3 is 9.72 Å². The van der Waals surface area contributed by atoms with Crippen molar-refractivity contribution < 1.29 is 14.3 Å². The van der Waals surface area contributed by atoms with E-state index in [0.29, 0.717) is 5.56 Å². The highest BCUT2D eigenvalue weighted by Crippen LogP contribution is 2.23. The highest BCUT2D eigenvalue weighted by atomic mass is 32.1. The third kappa shape index (κ3) is 3.31. The van der Waals surface area contributed by atoms with Crippen LogP contribution in [0, 0.1) is 6.92 Å². The summed E-state index contributed by atoms with van der Waals surface area (Å²) in [6, 6.07) is 9.49. The van der Waals surface area contributed by atoms with Gasteiger partial charge in [-0.25, -0.2) is 4.79 Å². The average molecular weight is 339 g/mol. The normalized spacial score (nSPS) is 12.6. The summed E-state index contributed by atoms with van der Waals surface area (Å²) < 4.78 is 5.25. The minimum absolute atomic E-state index is 0.206. The van der Waals surface area contributed by atoms with E-state index in [0.717, 1.165) is 22.2 Å². The van der Waals surface area contributed by atoms with E-state index < -0.39 is 12.1 Å². The Morgan fingerprint density at radius 1 is 1.25 bits per heavy atom. The molecule has 5 heteroatoms. The molecule has 0 aliphatic heterocycles. The van der Waals surface area contributed by atoms with Crippen LogP contribution in [0.25, 0.3) is 17.0 Å². The summed E-state index contributed by atoms with van der Waals surface area (Å²) in [6.07, 6.45) is 2.17. The summed E-state index contributed by atoms with van der Waals surface area (Å²) in [5.41, 5.74) is 3.18. The van der Waals surface area contributed by atoms with Crippen LogP contribution < -0.4 is 0 Å². The lowest BCUT2D eigenvalue weighted by atomic mass is 10.0. The van der Waals surface area contributed by atoms with Crippen LogP contribution >= 0.6 is 11.3 Å². The highest BCUT2D eigenvalue weighted by molar-refractivity contribution is 7.08. The largest absolute Gasteiger partial charge is 0.451 e. The molecule has 4 nitrogen and oxygen atoms in total. The number of carbonyl (C=O) groups is 2. The van der Waals surface area contributed by atoms with Crippen LogP contribution in [0.5, 0.6) is 0 Å². The summed E-state index contributed by atoms with van der Waals surface area (Å²) in [7, 11) is 0. The zero-order valence-corrected chi connectivity index (χ0v) is 14.2. The molecule has 3 rings (SSSR count). The first-order chi connectivity index (χ1) is 11.6. The fraction of sp³-hybridized carbons (Fsp3) is 0.158. The Hall–Kier alpha value is -2.66. The molecule has 0 unspecified atom stereocenters. The summed E-state index contributed by atoms with van der Waals surface area (Å²) in [4.78, 5) is 27.8. The van der Waals surface area contributed by atoms with E-state index in [1.807, 2.05) is 48.0 Å². The van der Waals surface area contributed by atoms with E-state index in [-0.39, 0.29) is 5.78 Å². The van der Waals surface area contributed by atoms with Gasteiger partial charge in [0.1, 0.15) is 0 Å². The molecule has 0 bridgehead atoms. The lowest BCUT2D eigenvalue weighted by Crippen LogP contribution is -2.24. The Morgan fingerprint density at radius 2 is 2.04 bits per heavy atom. The van der Waals surface area contributed by atoms with Gasteiger partial charge in [0.25, 0.3) is 0 Å². The zero-order valence-electron chi connectivity index (χ0n) is 13.4. The van der Waals surface area contributed by atoms with E-state index in [1.54, 1.807) is 24.3 Å². The number of benzene rings is 1. The van der Waals surface area contributed by atoms with Crippen molar-refractivity contribution in [2.45, 2.75) is 20.0 Å². The number of H-pyrrole nitrogens is 1. The van der Waals surface area contributed by atoms with Gasteiger partial charge in [0.05, 0.1) is 0 Å². The number of aromatic amines is 1. The smallest absolute Gasteiger partial charge is 0.331 e. The zero-order chi connectivity index (χ0) is 17.1. The second-order valence-electron chi connectivity index (χ2n) is 5.50. The molecule has 2 aromatic heterocycles. The lowest BCUT2D eigenvalue weighted by Gasteiger charge is -2.11. The van der Waals surface area contributed by atoms with E-state index >= 15 is 0 Å². The second-order valence-corrected chi connectivity index (χ2v) is 6.28. The Morgan fingerprint density at radius 3 is 2.79 bits per heavy atom. The number of ether oxygens (including phenoxy) is 1. The molecule has 0 aliphatic carbocycles. The van der Waals surface area contributed by atoms with Crippen molar-refractivity contribution in [2.24, 2.45) is 0 Å². The maximum absolute atomic E-state index is 12.7. The summed E-state index contributed by atoms with van der Waals surface area (Å²) in [5.74, 6) is -0.734. The number of hydrogen-bond acceptors (Lipinski definition) is 4. The molecular formula is C19H17NO3S. The number of hydrogen-bond donors (Lipinski definition) is 1. The first-order valence-corrected chi connectivity index (χ1v) is 8.53. The Balaban J connectivity index is 1.74. The van der Waals surface area contributed by atoms with Crippen molar-refractivity contribution in [2.75, 3.05) is 0 Å². The van der Waals surface area contributed by atoms with Crippen LogP contribution in [-0.4, -0.2) is 22.8 Å². The average Bonchev–Trinajstić information content (AvgIpc) is 3.18. The van der Waals surface area contributed by atoms with Crippen molar-refractivity contribution in [1.82, 2.24) is 4.98 Å². The van der Waals surface area contributed by atoms with Gasteiger partial charge in [-0.15, -0.1) is 0 Å². The van der Waals surface area contributed by atoms with Gasteiger partial charge in [-0.05, 0) is 48.4 Å². The van der Waals surface area contributed by atoms with Crippen molar-refractivity contribution in [3.05, 3.63) is 64.0 Å². The maximum Gasteiger partial charge on any atom is 0.331 e. The molecule has 0 radical (unpaired) electrons. The standard InChI is InChI=1S/C19H17NO3S/c1-12-18(15-5-3-4-6-16(15)20-12)19(22)13(2)23-17(21)8-7-14-9-10-24-11-14/h3-11,13,20H,1-2H3/b8-7+/t13-/m1/s1. The van der Waals surface area contributed by atoms with Gasteiger partial charge >= 0.3 is 5.97 Å². The molecule has 0 amide bonds. The number of nitrogens with one attached hydrogen (secondary N) is 1. The van der Waals surface area contributed by atoms with Crippen molar-refractivity contribution in [3.63, 3.8) is 0 Å². The van der Waals surface area contributed by atoms with E-state index in [9.17, 15) is 9.59 Å². The summed E-state index contributed by atoms with van der Waals surface area (Å²) in [5, 5.41) is 4.70. The molecule has 1 aromatic carbocycles. The number of esters is 1. The molecule has 0 fully saturated rings. The third-order valence-electron chi connectivity index (χ3n) is 3.76. The van der Waals surface area contributed by atoms with Gasteiger partial charge in [0.2, 0.25) is 5.78 Å². The molecule has 1 atom stereocenters. The number of para-hydroxylation sites is 1. The van der Waals surface area contributed by atoms with Crippen molar-refractivity contribution in [1.29, 1.82) is 0 Å². The maximum atomic E-state index is 12.7. The topological polar surface area (TPSA) is 59.2 Å². The molecule has 3 aromatic rings. The minimum Gasteiger partial charge on any atom is -0.451 e. The third-order valence-corrected chi connectivity index (χ3v) is 4.46. The fourth-order valence-corrected chi connectivity index (χ4v) is 3.23. The van der Waals surface area contributed by atoms with Crippen molar-refractivity contribution >= 4 is 40.1 Å². The molecule has 0 saturated carbocycles. The van der Waals surface area contributed by atoms with Gasteiger partial charge in [-0.1, -0.05) is 18.2 Å². The van der Waals surface area contributed by atoms with Gasteiger partial charge in [-0.3, -0.25) is 4.79 Å². The van der Waals surface area contributed by atoms with Gasteiger partial charge in [-0.2, -0.15) is 11.3 Å². The molecule has 122 valence electrons. The number of carbonyl (C=O) groups excluding carboxylic acids is 2. The lowest BCUT2D eigenvalue weighted by molar-refractivity contribution is -0.140. The number of fused-ring (bicyclic) bond motifs is 1. The first kappa shape index (κ1) is 16.2. The Kier molecular flexibility index (Phi) is 4.62. The number of rotatable bonds is 5. The summed E-state index contributed by atoms with van der Waals surface area (Å²) >= 11 is 1.55. The number of Topliss-reactive ketones (excluding diaryl/α,β-unsaturated/α-hetero) is 1.